The lowest BCUT2D eigenvalue weighted by molar-refractivity contribution is -0.130. The number of ether oxygens (including phenoxy) is 1. The summed E-state index contributed by atoms with van der Waals surface area (Å²) in [5.74, 6) is 2.69. The third kappa shape index (κ3) is 6.46. The van der Waals surface area contributed by atoms with Gasteiger partial charge in [0.15, 0.2) is 0 Å². The highest BCUT2D eigenvalue weighted by molar-refractivity contribution is 7.81. The molecule has 1 aliphatic rings. The number of imide groups is 1. The number of nitrogens with zero attached hydrogens (tertiary/aromatic N) is 1. The molecule has 4 nitrogen and oxygen atoms in total. The Labute approximate surface area is 173 Å². The van der Waals surface area contributed by atoms with Gasteiger partial charge in [0, 0.05) is 6.42 Å². The summed E-state index contributed by atoms with van der Waals surface area (Å²) < 4.78 is 5.20. The van der Waals surface area contributed by atoms with Crippen molar-refractivity contribution in [2.45, 2.75) is 45.6 Å². The molecule has 2 unspecified atom stereocenters. The van der Waals surface area contributed by atoms with E-state index in [0.717, 1.165) is 36.3 Å². The van der Waals surface area contributed by atoms with Gasteiger partial charge in [-0.15, -0.1) is 0 Å². The molecule has 2 atom stereocenters. The van der Waals surface area contributed by atoms with Crippen LogP contribution in [0.15, 0.2) is 30.3 Å². The van der Waals surface area contributed by atoms with Crippen LogP contribution in [0.1, 0.15) is 51.1 Å². The molecular weight excluding hydrogens is 378 g/mol. The van der Waals surface area contributed by atoms with Gasteiger partial charge in [-0.1, -0.05) is 44.2 Å². The minimum atomic E-state index is -0.527. The Hall–Kier alpha value is -1.14. The highest BCUT2D eigenvalue weighted by atomic mass is 32.1. The van der Waals surface area contributed by atoms with E-state index in [-0.39, 0.29) is 24.5 Å². The Morgan fingerprint density at radius 3 is 2.37 bits per heavy atom. The van der Waals surface area contributed by atoms with Gasteiger partial charge in [0.25, 0.3) is 0 Å². The molecule has 1 fully saturated rings. The maximum atomic E-state index is 13.0. The number of cyclic esters (lactones) is 1. The number of benzene rings is 1. The Morgan fingerprint density at radius 2 is 1.78 bits per heavy atom. The van der Waals surface area contributed by atoms with E-state index in [1.165, 1.54) is 4.90 Å². The van der Waals surface area contributed by atoms with Crippen LogP contribution >= 0.6 is 25.3 Å². The maximum absolute atomic E-state index is 13.0. The van der Waals surface area contributed by atoms with E-state index in [4.69, 9.17) is 4.74 Å². The zero-order chi connectivity index (χ0) is 19.8. The van der Waals surface area contributed by atoms with Gasteiger partial charge in [0.1, 0.15) is 12.6 Å². The van der Waals surface area contributed by atoms with Crippen LogP contribution in [0.3, 0.4) is 0 Å². The molecule has 150 valence electrons. The van der Waals surface area contributed by atoms with Crippen molar-refractivity contribution in [2.24, 2.45) is 17.8 Å². The average molecular weight is 410 g/mol. The number of carbonyl (C=O) groups excluding carboxylic acids is 2. The lowest BCUT2D eigenvalue weighted by Crippen LogP contribution is -2.35. The Bertz CT molecular complexity index is 605. The molecule has 0 saturated carbocycles. The van der Waals surface area contributed by atoms with Gasteiger partial charge in [-0.05, 0) is 54.1 Å². The molecule has 27 heavy (non-hydrogen) atoms. The maximum Gasteiger partial charge on any atom is 0.417 e. The van der Waals surface area contributed by atoms with Crippen LogP contribution in [-0.2, 0) is 9.53 Å². The van der Waals surface area contributed by atoms with Crippen molar-refractivity contribution in [1.29, 1.82) is 0 Å². The molecule has 1 saturated heterocycles. The molecule has 2 rings (SSSR count). The van der Waals surface area contributed by atoms with Gasteiger partial charge in [0.2, 0.25) is 5.91 Å². The van der Waals surface area contributed by atoms with Crippen molar-refractivity contribution in [2.75, 3.05) is 18.1 Å². The van der Waals surface area contributed by atoms with Crippen molar-refractivity contribution in [3.63, 3.8) is 0 Å². The van der Waals surface area contributed by atoms with Crippen molar-refractivity contribution in [3.8, 4) is 0 Å². The first-order valence-electron chi connectivity index (χ1n) is 9.71. The zero-order valence-corrected chi connectivity index (χ0v) is 18.0. The van der Waals surface area contributed by atoms with Crippen molar-refractivity contribution in [3.05, 3.63) is 35.9 Å². The van der Waals surface area contributed by atoms with Crippen LogP contribution in [0.5, 0.6) is 0 Å². The molecular formula is C21H31NO3S2. The molecule has 0 aromatic heterocycles. The van der Waals surface area contributed by atoms with E-state index in [1.54, 1.807) is 0 Å². The van der Waals surface area contributed by atoms with E-state index >= 15 is 0 Å². The van der Waals surface area contributed by atoms with Crippen LogP contribution in [-0.4, -0.2) is 35.0 Å². The number of rotatable bonds is 10. The Balaban J connectivity index is 2.06. The first-order chi connectivity index (χ1) is 13.0. The smallest absolute Gasteiger partial charge is 0.417 e. The fourth-order valence-corrected chi connectivity index (χ4v) is 4.47. The molecule has 1 aliphatic heterocycles. The van der Waals surface area contributed by atoms with E-state index in [1.807, 2.05) is 30.3 Å². The van der Waals surface area contributed by atoms with Crippen LogP contribution in [0.25, 0.3) is 0 Å². The first-order valence-corrected chi connectivity index (χ1v) is 11.0. The standard InChI is InChI=1S/C21H31NO3S2/c1-15(2)10-16(8-9-17(13-26)14-27)11-20(23)22-19(12-25-21(22)24)18-6-4-3-5-7-18/h3-7,15-17,19,26-27H,8-14H2,1-2H3. The molecule has 1 aromatic rings. The number of amides is 2. The summed E-state index contributed by atoms with van der Waals surface area (Å²) >= 11 is 8.78. The van der Waals surface area contributed by atoms with Gasteiger partial charge in [-0.2, -0.15) is 25.3 Å². The molecule has 0 bridgehead atoms. The first kappa shape index (κ1) is 22.2. The lowest BCUT2D eigenvalue weighted by atomic mass is 9.87. The van der Waals surface area contributed by atoms with Crippen molar-refractivity contribution >= 4 is 37.3 Å². The summed E-state index contributed by atoms with van der Waals surface area (Å²) in [7, 11) is 0. The summed E-state index contributed by atoms with van der Waals surface area (Å²) in [5, 5.41) is 0. The second kappa shape index (κ2) is 11.0. The predicted molar refractivity (Wildman–Crippen MR) is 115 cm³/mol. The summed E-state index contributed by atoms with van der Waals surface area (Å²) in [6.45, 7) is 4.57. The number of hydrogen-bond donors (Lipinski definition) is 2. The third-order valence-electron chi connectivity index (χ3n) is 5.09. The minimum Gasteiger partial charge on any atom is -0.446 e. The summed E-state index contributed by atoms with van der Waals surface area (Å²) in [6, 6.07) is 9.29. The molecule has 0 radical (unpaired) electrons. The monoisotopic (exact) mass is 409 g/mol. The fraction of sp³-hybridized carbons (Fsp3) is 0.619. The van der Waals surface area contributed by atoms with Gasteiger partial charge in [0.05, 0.1) is 0 Å². The van der Waals surface area contributed by atoms with Gasteiger partial charge >= 0.3 is 6.09 Å². The SMILES string of the molecule is CC(C)CC(CCC(CS)CS)CC(=O)N1C(=O)OCC1c1ccccc1. The molecule has 0 aliphatic carbocycles. The van der Waals surface area contributed by atoms with Crippen LogP contribution < -0.4 is 0 Å². The predicted octanol–water partition coefficient (Wildman–Crippen LogP) is 5.01. The molecule has 2 amide bonds. The van der Waals surface area contributed by atoms with Crippen molar-refractivity contribution < 1.29 is 14.3 Å². The topological polar surface area (TPSA) is 46.6 Å². The molecule has 1 heterocycles. The highest BCUT2D eigenvalue weighted by Crippen LogP contribution is 2.31. The minimum absolute atomic E-state index is 0.134. The second-order valence-corrected chi connectivity index (χ2v) is 8.51. The Kier molecular flexibility index (Phi) is 9.03. The number of thiol groups is 2. The quantitative estimate of drug-likeness (QED) is 0.534. The molecule has 0 spiro atoms. The average Bonchev–Trinajstić information content (AvgIpc) is 3.04. The van der Waals surface area contributed by atoms with Gasteiger partial charge in [-0.25, -0.2) is 9.69 Å². The molecule has 1 aromatic carbocycles. The van der Waals surface area contributed by atoms with Crippen LogP contribution in [0.2, 0.25) is 0 Å². The second-order valence-electron chi connectivity index (χ2n) is 7.78. The van der Waals surface area contributed by atoms with E-state index in [2.05, 4.69) is 39.1 Å². The van der Waals surface area contributed by atoms with Gasteiger partial charge in [-0.3, -0.25) is 4.79 Å². The van der Waals surface area contributed by atoms with Gasteiger partial charge < -0.3 is 4.74 Å². The zero-order valence-electron chi connectivity index (χ0n) is 16.2. The Morgan fingerprint density at radius 1 is 1.15 bits per heavy atom. The highest BCUT2D eigenvalue weighted by Gasteiger charge is 2.39. The number of hydrogen-bond acceptors (Lipinski definition) is 5. The summed E-state index contributed by atoms with van der Waals surface area (Å²) in [4.78, 5) is 26.6. The lowest BCUT2D eigenvalue weighted by Gasteiger charge is -2.25. The fourth-order valence-electron chi connectivity index (χ4n) is 3.64. The third-order valence-corrected chi connectivity index (χ3v) is 6.13. The molecule has 6 heteroatoms. The summed E-state index contributed by atoms with van der Waals surface area (Å²) in [6.07, 6.45) is 2.78. The van der Waals surface area contributed by atoms with E-state index in [0.29, 0.717) is 18.3 Å². The normalized spacial score (nSPS) is 18.2. The van der Waals surface area contributed by atoms with Crippen molar-refractivity contribution in [1.82, 2.24) is 4.90 Å². The van der Waals surface area contributed by atoms with E-state index in [9.17, 15) is 9.59 Å². The molecule has 0 N–H and O–H groups in total. The summed E-state index contributed by atoms with van der Waals surface area (Å²) in [5.41, 5.74) is 0.933. The van der Waals surface area contributed by atoms with Crippen LogP contribution in [0.4, 0.5) is 4.79 Å². The number of carbonyl (C=O) groups is 2. The largest absolute Gasteiger partial charge is 0.446 e. The van der Waals surface area contributed by atoms with E-state index < -0.39 is 6.09 Å². The van der Waals surface area contributed by atoms with Crippen LogP contribution in [0, 0.1) is 17.8 Å².